The first-order valence-electron chi connectivity index (χ1n) is 12.7. The maximum atomic E-state index is 5.11. The van der Waals surface area contributed by atoms with Crippen LogP contribution in [0.2, 0.25) is 0 Å². The van der Waals surface area contributed by atoms with Crippen molar-refractivity contribution in [3.63, 3.8) is 0 Å². The predicted molar refractivity (Wildman–Crippen MR) is 154 cm³/mol. The number of hydrogen-bond acceptors (Lipinski definition) is 4. The number of para-hydroxylation sites is 7. The fourth-order valence-electron chi connectivity index (χ4n) is 5.27. The number of imidazole rings is 3. The Labute approximate surface area is 223 Å². The maximum Gasteiger partial charge on any atom is 0.141 e. The average molecular weight is 504 g/mol. The van der Waals surface area contributed by atoms with Gasteiger partial charge in [-0.2, -0.15) is 0 Å². The Morgan fingerprint density at radius 2 is 0.872 bits per heavy atom. The Bertz CT molecular complexity index is 2060. The first-order valence-corrected chi connectivity index (χ1v) is 12.7. The van der Waals surface area contributed by atoms with Gasteiger partial charge in [-0.1, -0.05) is 54.6 Å². The highest BCUT2D eigenvalue weighted by molar-refractivity contribution is 5.84. The number of pyridine rings is 1. The van der Waals surface area contributed by atoms with Crippen molar-refractivity contribution in [1.29, 1.82) is 0 Å². The van der Waals surface area contributed by atoms with Crippen LogP contribution in [0.1, 0.15) is 0 Å². The second-order valence-corrected chi connectivity index (χ2v) is 9.40. The van der Waals surface area contributed by atoms with E-state index >= 15 is 0 Å². The van der Waals surface area contributed by atoms with Gasteiger partial charge in [-0.3, -0.25) is 13.7 Å². The molecule has 8 rings (SSSR count). The average Bonchev–Trinajstić information content (AvgIpc) is 3.74. The molecule has 39 heavy (non-hydrogen) atoms. The summed E-state index contributed by atoms with van der Waals surface area (Å²) in [4.78, 5) is 19.0. The minimum Gasteiger partial charge on any atom is -0.298 e. The van der Waals surface area contributed by atoms with Crippen LogP contribution in [0, 0.1) is 0 Å². The summed E-state index contributed by atoms with van der Waals surface area (Å²) in [7, 11) is 0. The molecule has 0 aliphatic rings. The van der Waals surface area contributed by atoms with Gasteiger partial charge in [0.2, 0.25) is 0 Å². The molecule has 0 fully saturated rings. The van der Waals surface area contributed by atoms with E-state index in [9.17, 15) is 0 Å². The van der Waals surface area contributed by atoms with E-state index < -0.39 is 0 Å². The Kier molecular flexibility index (Phi) is 4.69. The van der Waals surface area contributed by atoms with Gasteiger partial charge in [-0.05, 0) is 60.2 Å². The molecular weight excluding hydrogens is 482 g/mol. The molecule has 0 unspecified atom stereocenters. The van der Waals surface area contributed by atoms with Crippen molar-refractivity contribution in [3.8, 4) is 28.5 Å². The summed E-state index contributed by atoms with van der Waals surface area (Å²) >= 11 is 0. The van der Waals surface area contributed by atoms with E-state index in [1.54, 1.807) is 0 Å². The van der Waals surface area contributed by atoms with Crippen LogP contribution in [0.3, 0.4) is 0 Å². The Morgan fingerprint density at radius 3 is 1.44 bits per heavy atom. The van der Waals surface area contributed by atoms with E-state index in [1.807, 2.05) is 82.7 Å². The van der Waals surface area contributed by atoms with Crippen LogP contribution in [-0.4, -0.2) is 33.6 Å². The predicted octanol–water partition coefficient (Wildman–Crippen LogP) is 6.77. The summed E-state index contributed by atoms with van der Waals surface area (Å²) < 4.78 is 6.22. The highest BCUT2D eigenvalue weighted by Crippen LogP contribution is 2.32. The third-order valence-corrected chi connectivity index (χ3v) is 7.13. The third-order valence-electron chi connectivity index (χ3n) is 7.13. The lowest BCUT2D eigenvalue weighted by molar-refractivity contribution is 0.962. The van der Waals surface area contributed by atoms with Crippen LogP contribution in [0.5, 0.6) is 0 Å². The fourth-order valence-corrected chi connectivity index (χ4v) is 5.27. The molecule has 4 aromatic heterocycles. The molecule has 4 aromatic carbocycles. The smallest absolute Gasteiger partial charge is 0.141 e. The number of rotatable bonds is 4. The van der Waals surface area contributed by atoms with Gasteiger partial charge in [0.25, 0.3) is 0 Å². The van der Waals surface area contributed by atoms with Gasteiger partial charge in [0, 0.05) is 5.56 Å². The Balaban J connectivity index is 1.40. The zero-order valence-corrected chi connectivity index (χ0v) is 20.8. The van der Waals surface area contributed by atoms with Crippen LogP contribution in [-0.2, 0) is 0 Å². The molecule has 0 aliphatic carbocycles. The van der Waals surface area contributed by atoms with Crippen molar-refractivity contribution >= 4 is 33.1 Å². The zero-order valence-electron chi connectivity index (χ0n) is 20.8. The standard InChI is InChI=1S/C32H21N7/c1-5-13-27(37-19-33-24-10-2-6-14-28(24)37)23(9-1)22-17-31(38-20-34-25-11-3-7-15-29(25)38)36-32(18-22)39-21-35-26-12-4-8-16-30(26)39/h1-21H. The topological polar surface area (TPSA) is 66.3 Å². The van der Waals surface area contributed by atoms with Gasteiger partial charge in [0.05, 0.1) is 38.8 Å². The van der Waals surface area contributed by atoms with Crippen molar-refractivity contribution in [1.82, 2.24) is 33.6 Å². The highest BCUT2D eigenvalue weighted by Gasteiger charge is 2.16. The molecule has 8 aromatic rings. The molecule has 0 radical (unpaired) electrons. The molecule has 7 nitrogen and oxygen atoms in total. The summed E-state index contributed by atoms with van der Waals surface area (Å²) in [5.41, 5.74) is 8.99. The van der Waals surface area contributed by atoms with Gasteiger partial charge in [0.1, 0.15) is 30.6 Å². The molecular formula is C32H21N7. The zero-order chi connectivity index (χ0) is 25.8. The molecule has 0 aliphatic heterocycles. The van der Waals surface area contributed by atoms with Gasteiger partial charge in [-0.25, -0.2) is 19.9 Å². The highest BCUT2D eigenvalue weighted by atomic mass is 15.2. The normalized spacial score (nSPS) is 11.6. The Hall–Kier alpha value is -5.56. The van der Waals surface area contributed by atoms with E-state index in [0.717, 1.165) is 61.6 Å². The largest absolute Gasteiger partial charge is 0.298 e. The number of nitrogens with zero attached hydrogens (tertiary/aromatic N) is 7. The van der Waals surface area contributed by atoms with E-state index in [0.29, 0.717) is 0 Å². The lowest BCUT2D eigenvalue weighted by atomic mass is 10.0. The molecule has 184 valence electrons. The summed E-state index contributed by atoms with van der Waals surface area (Å²) in [6, 6.07) is 37.0. The van der Waals surface area contributed by atoms with Crippen molar-refractivity contribution in [2.45, 2.75) is 0 Å². The summed E-state index contributed by atoms with van der Waals surface area (Å²) in [6.45, 7) is 0. The molecule has 7 heteroatoms. The minimum atomic E-state index is 0.777. The van der Waals surface area contributed by atoms with Gasteiger partial charge >= 0.3 is 0 Å². The van der Waals surface area contributed by atoms with Gasteiger partial charge < -0.3 is 0 Å². The van der Waals surface area contributed by atoms with Crippen molar-refractivity contribution in [3.05, 3.63) is 128 Å². The molecule has 0 saturated carbocycles. The van der Waals surface area contributed by atoms with Crippen molar-refractivity contribution < 1.29 is 0 Å². The van der Waals surface area contributed by atoms with Crippen LogP contribution in [0.15, 0.2) is 128 Å². The summed E-state index contributed by atoms with van der Waals surface area (Å²) in [5, 5.41) is 0. The SMILES string of the molecule is c1ccc(-n2cnc3ccccc32)c(-c2cc(-n3cnc4ccccc43)nc(-n3cnc4ccccc43)c2)c1. The van der Waals surface area contributed by atoms with Gasteiger partial charge in [0.15, 0.2) is 0 Å². The molecule has 0 amide bonds. The lowest BCUT2D eigenvalue weighted by Crippen LogP contribution is -2.04. The molecule has 4 heterocycles. The third kappa shape index (κ3) is 3.44. The fraction of sp³-hybridized carbons (Fsp3) is 0. The maximum absolute atomic E-state index is 5.11. The molecule has 0 spiro atoms. The van der Waals surface area contributed by atoms with Crippen LogP contribution < -0.4 is 0 Å². The van der Waals surface area contributed by atoms with Crippen LogP contribution in [0.25, 0.3) is 61.6 Å². The second kappa shape index (κ2) is 8.49. The number of benzene rings is 4. The quantitative estimate of drug-likeness (QED) is 0.266. The van der Waals surface area contributed by atoms with Crippen molar-refractivity contribution in [2.75, 3.05) is 0 Å². The number of hydrogen-bond donors (Lipinski definition) is 0. The summed E-state index contributed by atoms with van der Waals surface area (Å²) in [6.07, 6.45) is 5.56. The molecule has 0 saturated heterocycles. The van der Waals surface area contributed by atoms with Crippen LogP contribution in [0.4, 0.5) is 0 Å². The van der Waals surface area contributed by atoms with Gasteiger partial charge in [-0.15, -0.1) is 0 Å². The monoisotopic (exact) mass is 503 g/mol. The van der Waals surface area contributed by atoms with Crippen molar-refractivity contribution in [2.24, 2.45) is 0 Å². The van der Waals surface area contributed by atoms with E-state index in [4.69, 9.17) is 4.98 Å². The first-order chi connectivity index (χ1) is 19.3. The first kappa shape index (κ1) is 21.5. The lowest BCUT2D eigenvalue weighted by Gasteiger charge is -2.15. The number of aromatic nitrogens is 7. The molecule has 0 bridgehead atoms. The van der Waals surface area contributed by atoms with E-state index in [-0.39, 0.29) is 0 Å². The molecule has 0 N–H and O–H groups in total. The van der Waals surface area contributed by atoms with E-state index in [1.165, 1.54) is 0 Å². The number of fused-ring (bicyclic) bond motifs is 3. The Morgan fingerprint density at radius 1 is 0.436 bits per heavy atom. The molecule has 0 atom stereocenters. The van der Waals surface area contributed by atoms with E-state index in [2.05, 4.69) is 74.1 Å². The summed E-state index contributed by atoms with van der Waals surface area (Å²) in [5.74, 6) is 1.55. The minimum absolute atomic E-state index is 0.777. The second-order valence-electron chi connectivity index (χ2n) is 9.40. The van der Waals surface area contributed by atoms with Crippen LogP contribution >= 0.6 is 0 Å².